The number of carbonyl (C=O) groups excluding carboxylic acids is 1. The number of nitrogens with two attached hydrogens (primary N) is 1. The van der Waals surface area contributed by atoms with E-state index in [0.717, 1.165) is 19.4 Å². The maximum atomic E-state index is 13.9. The molecule has 0 aliphatic carbocycles. The summed E-state index contributed by atoms with van der Waals surface area (Å²) in [5, 5.41) is 2.85. The molecule has 2 rings (SSSR count). The highest BCUT2D eigenvalue weighted by Gasteiger charge is 2.29. The number of hydrogen-bond acceptors (Lipinski definition) is 3. The van der Waals surface area contributed by atoms with E-state index in [-0.39, 0.29) is 23.7 Å². The Balaban J connectivity index is 2.00. The van der Waals surface area contributed by atoms with E-state index in [1.165, 1.54) is 6.07 Å². The topological polar surface area (TPSA) is 58.4 Å². The number of likely N-dealkylation sites (tertiary alicyclic amines) is 1. The van der Waals surface area contributed by atoms with Gasteiger partial charge in [0.2, 0.25) is 5.91 Å². The second-order valence-corrected chi connectivity index (χ2v) is 5.61. The lowest BCUT2D eigenvalue weighted by Gasteiger charge is -2.36. The first-order valence-electron chi connectivity index (χ1n) is 7.59. The molecule has 0 radical (unpaired) electrons. The van der Waals surface area contributed by atoms with Crippen molar-refractivity contribution in [3.8, 4) is 0 Å². The fourth-order valence-electron chi connectivity index (χ4n) is 2.92. The fraction of sp³-hybridized carbons (Fsp3) is 0.562. The molecule has 21 heavy (non-hydrogen) atoms. The van der Waals surface area contributed by atoms with E-state index >= 15 is 0 Å². The number of amides is 1. The van der Waals surface area contributed by atoms with Crippen LogP contribution >= 0.6 is 0 Å². The van der Waals surface area contributed by atoms with Crippen LogP contribution in [0.2, 0.25) is 0 Å². The Hall–Kier alpha value is -1.46. The predicted molar refractivity (Wildman–Crippen MR) is 81.2 cm³/mol. The van der Waals surface area contributed by atoms with Gasteiger partial charge in [-0.15, -0.1) is 0 Å². The van der Waals surface area contributed by atoms with E-state index in [1.807, 2.05) is 19.1 Å². The molecule has 0 saturated carbocycles. The number of carbonyl (C=O) groups is 1. The number of nitrogens with zero attached hydrogens (tertiary/aromatic N) is 1. The molecule has 1 aliphatic rings. The van der Waals surface area contributed by atoms with Crippen LogP contribution in [-0.2, 0) is 4.79 Å². The summed E-state index contributed by atoms with van der Waals surface area (Å²) in [7, 11) is 0. The molecule has 0 aromatic heterocycles. The first kappa shape index (κ1) is 15.9. The summed E-state index contributed by atoms with van der Waals surface area (Å²) < 4.78 is 13.9. The quantitative estimate of drug-likeness (QED) is 0.868. The number of piperidine rings is 1. The highest BCUT2D eigenvalue weighted by molar-refractivity contribution is 5.78. The van der Waals surface area contributed by atoms with Gasteiger partial charge >= 0.3 is 0 Å². The molecule has 0 bridgehead atoms. The lowest BCUT2D eigenvalue weighted by molar-refractivity contribution is -0.126. The summed E-state index contributed by atoms with van der Waals surface area (Å²) in [6, 6.07) is 6.84. The Bertz CT molecular complexity index is 480. The van der Waals surface area contributed by atoms with Crippen molar-refractivity contribution in [1.82, 2.24) is 10.2 Å². The normalized spacial score (nSPS) is 21.0. The number of hydrogen-bond donors (Lipinski definition) is 2. The zero-order valence-corrected chi connectivity index (χ0v) is 12.5. The molecule has 116 valence electrons. The zero-order chi connectivity index (χ0) is 15.2. The summed E-state index contributed by atoms with van der Waals surface area (Å²) in [6.45, 7) is 4.53. The average molecular weight is 293 g/mol. The average Bonchev–Trinajstić information content (AvgIpc) is 2.52. The third kappa shape index (κ3) is 4.02. The molecule has 2 atom stereocenters. The molecule has 1 fully saturated rings. The molecule has 3 N–H and O–H groups in total. The minimum absolute atomic E-state index is 0.0173. The van der Waals surface area contributed by atoms with Crippen molar-refractivity contribution in [2.45, 2.75) is 25.8 Å². The van der Waals surface area contributed by atoms with Gasteiger partial charge in [0.25, 0.3) is 0 Å². The van der Waals surface area contributed by atoms with Crippen LogP contribution in [0.3, 0.4) is 0 Å². The van der Waals surface area contributed by atoms with Crippen LogP contribution < -0.4 is 11.1 Å². The number of benzene rings is 1. The zero-order valence-electron chi connectivity index (χ0n) is 12.5. The van der Waals surface area contributed by atoms with Crippen LogP contribution in [0, 0.1) is 11.7 Å². The van der Waals surface area contributed by atoms with Crippen LogP contribution in [-0.4, -0.2) is 37.0 Å². The standard InChI is InChI=1S/C16H24FN3O/c1-12(14-6-2-3-7-15(14)17)20-10-4-5-13(11-20)16(21)19-9-8-18/h2-3,6-7,12-13H,4-5,8-11,18H2,1H3,(H,19,21). The number of rotatable bonds is 5. The molecule has 1 amide bonds. The van der Waals surface area contributed by atoms with Gasteiger partial charge in [0.1, 0.15) is 5.82 Å². The lowest BCUT2D eigenvalue weighted by Crippen LogP contribution is -2.44. The third-order valence-electron chi connectivity index (χ3n) is 4.17. The van der Waals surface area contributed by atoms with E-state index in [0.29, 0.717) is 25.2 Å². The van der Waals surface area contributed by atoms with Gasteiger partial charge < -0.3 is 11.1 Å². The second kappa shape index (κ2) is 7.52. The van der Waals surface area contributed by atoms with Crippen molar-refractivity contribution < 1.29 is 9.18 Å². The Morgan fingerprint density at radius 2 is 2.29 bits per heavy atom. The first-order chi connectivity index (χ1) is 10.1. The fourth-order valence-corrected chi connectivity index (χ4v) is 2.92. The SMILES string of the molecule is CC(c1ccccc1F)N1CCCC(C(=O)NCCN)C1. The molecule has 4 nitrogen and oxygen atoms in total. The highest BCUT2D eigenvalue weighted by Crippen LogP contribution is 2.28. The van der Waals surface area contributed by atoms with E-state index < -0.39 is 0 Å². The van der Waals surface area contributed by atoms with Crippen LogP contribution in [0.4, 0.5) is 4.39 Å². The molecular formula is C16H24FN3O. The molecular weight excluding hydrogens is 269 g/mol. The van der Waals surface area contributed by atoms with E-state index in [4.69, 9.17) is 5.73 Å². The van der Waals surface area contributed by atoms with Crippen molar-refractivity contribution in [1.29, 1.82) is 0 Å². The van der Waals surface area contributed by atoms with Crippen molar-refractivity contribution in [3.63, 3.8) is 0 Å². The van der Waals surface area contributed by atoms with Gasteiger partial charge in [-0.25, -0.2) is 4.39 Å². The van der Waals surface area contributed by atoms with Gasteiger partial charge in [0.15, 0.2) is 0 Å². The largest absolute Gasteiger partial charge is 0.355 e. The lowest BCUT2D eigenvalue weighted by atomic mass is 9.94. The molecule has 1 aromatic rings. The van der Waals surface area contributed by atoms with Gasteiger partial charge in [0.05, 0.1) is 5.92 Å². The summed E-state index contributed by atoms with van der Waals surface area (Å²) >= 11 is 0. The highest BCUT2D eigenvalue weighted by atomic mass is 19.1. The van der Waals surface area contributed by atoms with Gasteiger partial charge in [-0.2, -0.15) is 0 Å². The molecule has 5 heteroatoms. The van der Waals surface area contributed by atoms with E-state index in [1.54, 1.807) is 6.07 Å². The van der Waals surface area contributed by atoms with Crippen LogP contribution in [0.25, 0.3) is 0 Å². The van der Waals surface area contributed by atoms with E-state index in [9.17, 15) is 9.18 Å². The predicted octanol–water partition coefficient (Wildman–Crippen LogP) is 1.67. The van der Waals surface area contributed by atoms with Crippen molar-refractivity contribution in [3.05, 3.63) is 35.6 Å². The smallest absolute Gasteiger partial charge is 0.224 e. The summed E-state index contributed by atoms with van der Waals surface area (Å²) in [5.74, 6) is -0.148. The Morgan fingerprint density at radius 3 is 3.00 bits per heavy atom. The van der Waals surface area contributed by atoms with Crippen molar-refractivity contribution in [2.75, 3.05) is 26.2 Å². The first-order valence-corrected chi connectivity index (χ1v) is 7.59. The maximum Gasteiger partial charge on any atom is 0.224 e. The monoisotopic (exact) mass is 293 g/mol. The number of nitrogens with one attached hydrogen (secondary N) is 1. The minimum Gasteiger partial charge on any atom is -0.355 e. The summed E-state index contributed by atoms with van der Waals surface area (Å²) in [5.41, 5.74) is 6.10. The Labute approximate surface area is 125 Å². The third-order valence-corrected chi connectivity index (χ3v) is 4.17. The van der Waals surface area contributed by atoms with Gasteiger partial charge in [-0.1, -0.05) is 18.2 Å². The Morgan fingerprint density at radius 1 is 1.52 bits per heavy atom. The maximum absolute atomic E-state index is 13.9. The number of halogens is 1. The van der Waals surface area contributed by atoms with Crippen molar-refractivity contribution in [2.24, 2.45) is 11.7 Å². The molecule has 1 heterocycles. The minimum atomic E-state index is -0.181. The second-order valence-electron chi connectivity index (χ2n) is 5.61. The molecule has 1 saturated heterocycles. The van der Waals surface area contributed by atoms with Crippen LogP contribution in [0.5, 0.6) is 0 Å². The van der Waals surface area contributed by atoms with Gasteiger partial charge in [0, 0.05) is 31.2 Å². The molecule has 1 aromatic carbocycles. The summed E-state index contributed by atoms with van der Waals surface area (Å²) in [4.78, 5) is 14.3. The molecule has 2 unspecified atom stereocenters. The van der Waals surface area contributed by atoms with Gasteiger partial charge in [-0.3, -0.25) is 9.69 Å². The Kier molecular flexibility index (Phi) is 5.70. The molecule has 1 aliphatic heterocycles. The van der Waals surface area contributed by atoms with Crippen molar-refractivity contribution >= 4 is 5.91 Å². The van der Waals surface area contributed by atoms with Crippen LogP contribution in [0.1, 0.15) is 31.4 Å². The van der Waals surface area contributed by atoms with Crippen LogP contribution in [0.15, 0.2) is 24.3 Å². The summed E-state index contributed by atoms with van der Waals surface area (Å²) in [6.07, 6.45) is 1.84. The van der Waals surface area contributed by atoms with E-state index in [2.05, 4.69) is 10.2 Å². The van der Waals surface area contributed by atoms with Gasteiger partial charge in [-0.05, 0) is 32.4 Å². The molecule has 0 spiro atoms.